The van der Waals surface area contributed by atoms with Gasteiger partial charge in [-0.15, -0.1) is 0 Å². The molecule has 0 radical (unpaired) electrons. The van der Waals surface area contributed by atoms with E-state index < -0.39 is 12.1 Å². The summed E-state index contributed by atoms with van der Waals surface area (Å²) >= 11 is 12.1. The zero-order valence-electron chi connectivity index (χ0n) is 10.8. The first-order valence-corrected chi connectivity index (χ1v) is 7.36. The van der Waals surface area contributed by atoms with E-state index in [0.717, 1.165) is 5.56 Å². The van der Waals surface area contributed by atoms with Crippen molar-refractivity contribution in [2.24, 2.45) is 5.92 Å². The topological polar surface area (TPSA) is 12.0 Å². The van der Waals surface area contributed by atoms with Gasteiger partial charge in [-0.25, -0.2) is 0 Å². The van der Waals surface area contributed by atoms with Crippen molar-refractivity contribution in [1.82, 2.24) is 5.32 Å². The van der Waals surface area contributed by atoms with Gasteiger partial charge in [-0.1, -0.05) is 29.3 Å². The van der Waals surface area contributed by atoms with Crippen LogP contribution in [0.4, 0.5) is 13.2 Å². The molecule has 0 spiro atoms. The molecule has 0 heterocycles. The molecular weight excluding hydrogens is 310 g/mol. The van der Waals surface area contributed by atoms with E-state index >= 15 is 0 Å². The zero-order chi connectivity index (χ0) is 14.8. The maximum absolute atomic E-state index is 12.6. The van der Waals surface area contributed by atoms with Gasteiger partial charge < -0.3 is 5.32 Å². The van der Waals surface area contributed by atoms with Crippen LogP contribution in [0.15, 0.2) is 18.2 Å². The summed E-state index contributed by atoms with van der Waals surface area (Å²) in [6.07, 6.45) is -2.61. The third-order valence-electron chi connectivity index (χ3n) is 3.82. The average molecular weight is 326 g/mol. The molecule has 0 atom stereocenters. The molecule has 1 nitrogen and oxygen atoms in total. The molecule has 1 aromatic carbocycles. The minimum Gasteiger partial charge on any atom is -0.310 e. The number of benzene rings is 1. The van der Waals surface area contributed by atoms with Crippen molar-refractivity contribution in [3.05, 3.63) is 33.8 Å². The standard InChI is InChI=1S/C14H16Cl2F3N/c15-12-2-1-3-13(16)11(12)8-20-10-6-4-9(5-7-10)14(17,18)19/h1-3,9-10,20H,4-8H2. The Labute approximate surface area is 126 Å². The lowest BCUT2D eigenvalue weighted by Gasteiger charge is -2.30. The Morgan fingerprint density at radius 1 is 1.05 bits per heavy atom. The van der Waals surface area contributed by atoms with Crippen molar-refractivity contribution in [2.45, 2.75) is 44.4 Å². The quantitative estimate of drug-likeness (QED) is 0.804. The summed E-state index contributed by atoms with van der Waals surface area (Å²) < 4.78 is 37.7. The lowest BCUT2D eigenvalue weighted by atomic mass is 9.85. The number of rotatable bonds is 3. The van der Waals surface area contributed by atoms with Gasteiger partial charge in [0.05, 0.1) is 5.92 Å². The molecule has 0 bridgehead atoms. The molecule has 112 valence electrons. The van der Waals surface area contributed by atoms with Crippen molar-refractivity contribution in [1.29, 1.82) is 0 Å². The molecule has 0 aliphatic heterocycles. The van der Waals surface area contributed by atoms with Crippen molar-refractivity contribution in [3.63, 3.8) is 0 Å². The van der Waals surface area contributed by atoms with Crippen molar-refractivity contribution in [2.75, 3.05) is 0 Å². The number of hydrogen-bond donors (Lipinski definition) is 1. The Morgan fingerprint density at radius 2 is 1.60 bits per heavy atom. The van der Waals surface area contributed by atoms with Crippen LogP contribution in [-0.4, -0.2) is 12.2 Å². The molecule has 1 aliphatic carbocycles. The average Bonchev–Trinajstić information content (AvgIpc) is 2.37. The van der Waals surface area contributed by atoms with Crippen LogP contribution >= 0.6 is 23.2 Å². The fraction of sp³-hybridized carbons (Fsp3) is 0.571. The van der Waals surface area contributed by atoms with Crippen LogP contribution in [0.25, 0.3) is 0 Å². The van der Waals surface area contributed by atoms with Gasteiger partial charge in [-0.3, -0.25) is 0 Å². The fourth-order valence-corrected chi connectivity index (χ4v) is 3.10. The number of nitrogens with one attached hydrogen (secondary N) is 1. The first-order valence-electron chi connectivity index (χ1n) is 6.61. The van der Waals surface area contributed by atoms with E-state index in [2.05, 4.69) is 5.32 Å². The van der Waals surface area contributed by atoms with Gasteiger partial charge in [-0.2, -0.15) is 13.2 Å². The monoisotopic (exact) mass is 325 g/mol. The summed E-state index contributed by atoms with van der Waals surface area (Å²) in [5.41, 5.74) is 0.800. The minimum absolute atomic E-state index is 0.0981. The van der Waals surface area contributed by atoms with Crippen LogP contribution in [0, 0.1) is 5.92 Å². The van der Waals surface area contributed by atoms with Gasteiger partial charge in [0.25, 0.3) is 0 Å². The van der Waals surface area contributed by atoms with E-state index in [9.17, 15) is 13.2 Å². The molecule has 0 aromatic heterocycles. The molecule has 6 heteroatoms. The highest BCUT2D eigenvalue weighted by Gasteiger charge is 2.41. The van der Waals surface area contributed by atoms with E-state index in [-0.39, 0.29) is 18.9 Å². The molecule has 2 rings (SSSR count). The normalized spacial score (nSPS) is 23.9. The van der Waals surface area contributed by atoms with Gasteiger partial charge >= 0.3 is 6.18 Å². The minimum atomic E-state index is -4.06. The van der Waals surface area contributed by atoms with Crippen LogP contribution in [0.5, 0.6) is 0 Å². The summed E-state index contributed by atoms with van der Waals surface area (Å²) in [6.45, 7) is 0.486. The Bertz CT molecular complexity index is 434. The lowest BCUT2D eigenvalue weighted by Crippen LogP contribution is -2.36. The molecule has 20 heavy (non-hydrogen) atoms. The molecule has 1 saturated carbocycles. The maximum atomic E-state index is 12.6. The number of halogens is 5. The Kier molecular flexibility index (Phi) is 5.21. The van der Waals surface area contributed by atoms with Gasteiger partial charge in [-0.05, 0) is 37.8 Å². The van der Waals surface area contributed by atoms with Crippen molar-refractivity contribution < 1.29 is 13.2 Å². The summed E-state index contributed by atoms with van der Waals surface area (Å²) in [7, 11) is 0. The highest BCUT2D eigenvalue weighted by molar-refractivity contribution is 6.35. The van der Waals surface area contributed by atoms with Crippen LogP contribution in [-0.2, 0) is 6.54 Å². The van der Waals surface area contributed by atoms with Crippen molar-refractivity contribution >= 4 is 23.2 Å². The summed E-state index contributed by atoms with van der Waals surface area (Å²) in [4.78, 5) is 0. The Balaban J connectivity index is 1.85. The molecule has 1 fully saturated rings. The highest BCUT2D eigenvalue weighted by Crippen LogP contribution is 2.37. The first kappa shape index (κ1) is 15.9. The second-order valence-corrected chi connectivity index (χ2v) is 5.99. The largest absolute Gasteiger partial charge is 0.391 e. The smallest absolute Gasteiger partial charge is 0.310 e. The van der Waals surface area contributed by atoms with Crippen LogP contribution in [0.3, 0.4) is 0 Å². The van der Waals surface area contributed by atoms with E-state index in [1.165, 1.54) is 0 Å². The zero-order valence-corrected chi connectivity index (χ0v) is 12.3. The maximum Gasteiger partial charge on any atom is 0.391 e. The fourth-order valence-electron chi connectivity index (χ4n) is 2.57. The second kappa shape index (κ2) is 6.54. The first-order chi connectivity index (χ1) is 9.38. The summed E-state index contributed by atoms with van der Waals surface area (Å²) in [5, 5.41) is 4.41. The van der Waals surface area contributed by atoms with Crippen molar-refractivity contribution in [3.8, 4) is 0 Å². The molecule has 1 N–H and O–H groups in total. The second-order valence-electron chi connectivity index (χ2n) is 5.17. The number of alkyl halides is 3. The Hall–Kier alpha value is -0.450. The van der Waals surface area contributed by atoms with Crippen LogP contribution < -0.4 is 5.32 Å². The summed E-state index contributed by atoms with van der Waals surface area (Å²) in [6, 6.07) is 5.37. The molecule has 1 aliphatic rings. The summed E-state index contributed by atoms with van der Waals surface area (Å²) in [5.74, 6) is -1.15. The predicted octanol–water partition coefficient (Wildman–Crippen LogP) is 5.20. The number of hydrogen-bond acceptors (Lipinski definition) is 1. The molecule has 0 unspecified atom stereocenters. The van der Waals surface area contributed by atoms with E-state index in [0.29, 0.717) is 29.4 Å². The molecular formula is C14H16Cl2F3N. The predicted molar refractivity (Wildman–Crippen MR) is 75.1 cm³/mol. The van der Waals surface area contributed by atoms with Crippen LogP contribution in [0.2, 0.25) is 10.0 Å². The van der Waals surface area contributed by atoms with Gasteiger partial charge in [0.15, 0.2) is 0 Å². The Morgan fingerprint density at radius 3 is 2.10 bits per heavy atom. The molecule has 1 aromatic rings. The third kappa shape index (κ3) is 4.03. The SMILES string of the molecule is FC(F)(F)C1CCC(NCc2c(Cl)cccc2Cl)CC1. The molecule has 0 amide bonds. The van der Waals surface area contributed by atoms with E-state index in [1.807, 2.05) is 0 Å². The van der Waals surface area contributed by atoms with E-state index in [1.54, 1.807) is 18.2 Å². The van der Waals surface area contributed by atoms with Gasteiger partial charge in [0.1, 0.15) is 0 Å². The third-order valence-corrected chi connectivity index (χ3v) is 4.53. The highest BCUT2D eigenvalue weighted by atomic mass is 35.5. The van der Waals surface area contributed by atoms with E-state index in [4.69, 9.17) is 23.2 Å². The van der Waals surface area contributed by atoms with Gasteiger partial charge in [0, 0.05) is 28.2 Å². The lowest BCUT2D eigenvalue weighted by molar-refractivity contribution is -0.182. The van der Waals surface area contributed by atoms with Gasteiger partial charge in [0.2, 0.25) is 0 Å². The van der Waals surface area contributed by atoms with Crippen LogP contribution in [0.1, 0.15) is 31.2 Å². The molecule has 0 saturated heterocycles.